The van der Waals surface area contributed by atoms with Crippen molar-refractivity contribution >= 4 is 35.5 Å². The molecule has 1 aliphatic rings. The maximum absolute atomic E-state index is 8.54. The normalized spacial score (nSPS) is 13.5. The van der Waals surface area contributed by atoms with Gasteiger partial charge in [-0.25, -0.2) is 0 Å². The molecule has 4 heteroatoms. The topological polar surface area (TPSA) is 20.2 Å². The van der Waals surface area contributed by atoms with Crippen LogP contribution in [0.4, 0.5) is 0 Å². The minimum Gasteiger partial charge on any atom is -0.143 e. The van der Waals surface area contributed by atoms with Crippen LogP contribution in [0.15, 0.2) is 97.1 Å². The van der Waals surface area contributed by atoms with Gasteiger partial charge in [-0.2, -0.15) is 0 Å². The standard InChI is InChI=1S/C19H13.C7H8O.2ClH.Ti/c1-2-7-16-13-17(10-9-14(16)5-1)19-12-11-15-6-3-4-8-18(15)19;8-6-7-4-2-1-3-5-7;;;/h1-12,19H;1-5,8H,6H2;2*1H;/q-1;;;;+2/p-2. The molecule has 150 valence electrons. The third-order valence-corrected chi connectivity index (χ3v) is 4.84. The largest absolute Gasteiger partial charge is 0.143 e. The third kappa shape index (κ3) is 6.07. The minimum absolute atomic E-state index is 0.140. The molecule has 0 aromatic heterocycles. The number of benzene rings is 4. The van der Waals surface area contributed by atoms with E-state index in [-0.39, 0.29) is 6.61 Å². The van der Waals surface area contributed by atoms with Gasteiger partial charge in [-0.05, 0) is 16.7 Å². The van der Waals surface area contributed by atoms with Gasteiger partial charge in [0, 0.05) is 5.92 Å². The van der Waals surface area contributed by atoms with Gasteiger partial charge in [0.15, 0.2) is 0 Å². The van der Waals surface area contributed by atoms with Crippen LogP contribution in [0.1, 0.15) is 28.2 Å². The molecule has 0 fully saturated rings. The maximum atomic E-state index is 8.54. The predicted molar refractivity (Wildman–Crippen MR) is 124 cm³/mol. The van der Waals surface area contributed by atoms with Crippen LogP contribution in [0, 0.1) is 6.07 Å². The van der Waals surface area contributed by atoms with Gasteiger partial charge < -0.3 is 5.11 Å². The number of hydrogen-bond acceptors (Lipinski definition) is 1. The van der Waals surface area contributed by atoms with Crippen molar-refractivity contribution in [2.75, 3.05) is 0 Å². The quantitative estimate of drug-likeness (QED) is 0.241. The molecule has 0 heterocycles. The summed E-state index contributed by atoms with van der Waals surface area (Å²) in [6, 6.07) is 34.5. The SMILES string of the molecule is OCc1ccccc1.[Cl][Ti][Cl].[c-]1c(C2C=Cc3ccccc32)ccc2ccccc12. The number of hydrogen-bond donors (Lipinski definition) is 1. The first-order valence-electron chi connectivity index (χ1n) is 9.56. The van der Waals surface area contributed by atoms with Gasteiger partial charge in [-0.1, -0.05) is 78.9 Å². The van der Waals surface area contributed by atoms with Crippen LogP contribution in [0.5, 0.6) is 0 Å². The maximum Gasteiger partial charge on any atom is 0.0108 e. The Labute approximate surface area is 194 Å². The summed E-state index contributed by atoms with van der Waals surface area (Å²) in [6.45, 7) is 0.140. The summed E-state index contributed by atoms with van der Waals surface area (Å²) in [7, 11) is 9.78. The molecule has 4 aromatic rings. The van der Waals surface area contributed by atoms with Crippen molar-refractivity contribution in [3.05, 3.63) is 125 Å². The van der Waals surface area contributed by atoms with Crippen molar-refractivity contribution in [2.24, 2.45) is 0 Å². The smallest absolute Gasteiger partial charge is 0.0108 e. The van der Waals surface area contributed by atoms with E-state index in [1.807, 2.05) is 30.3 Å². The Morgan fingerprint density at radius 3 is 2.20 bits per heavy atom. The van der Waals surface area contributed by atoms with Crippen molar-refractivity contribution in [3.8, 4) is 0 Å². The second-order valence-corrected chi connectivity index (χ2v) is 9.26. The van der Waals surface area contributed by atoms with Crippen LogP contribution in [0.25, 0.3) is 16.8 Å². The molecule has 0 radical (unpaired) electrons. The molecule has 0 saturated carbocycles. The average Bonchev–Trinajstić information content (AvgIpc) is 3.24. The van der Waals surface area contributed by atoms with Crippen molar-refractivity contribution in [3.63, 3.8) is 0 Å². The zero-order valence-corrected chi connectivity index (χ0v) is 19.4. The van der Waals surface area contributed by atoms with Gasteiger partial charge in [0.05, 0.1) is 6.61 Å². The Bertz CT molecular complexity index is 1100. The number of aliphatic hydroxyl groups is 1. The number of allylic oxidation sites excluding steroid dienone is 1. The van der Waals surface area contributed by atoms with Gasteiger partial charge in [-0.3, -0.25) is 0 Å². The zero-order chi connectivity index (χ0) is 21.2. The Morgan fingerprint density at radius 1 is 0.800 bits per heavy atom. The third-order valence-electron chi connectivity index (χ3n) is 4.84. The molecule has 4 aromatic carbocycles. The first-order chi connectivity index (χ1) is 14.8. The molecule has 1 N–H and O–H groups in total. The van der Waals surface area contributed by atoms with Crippen molar-refractivity contribution in [2.45, 2.75) is 12.5 Å². The Hall–Kier alpha value is -1.87. The molecule has 0 aliphatic heterocycles. The molecule has 1 aliphatic carbocycles. The Morgan fingerprint density at radius 2 is 1.47 bits per heavy atom. The van der Waals surface area contributed by atoms with Gasteiger partial charge in [0.25, 0.3) is 0 Å². The summed E-state index contributed by atoms with van der Waals surface area (Å²) in [5.74, 6) is 0.348. The number of aliphatic hydroxyl groups excluding tert-OH is 1. The van der Waals surface area contributed by atoms with E-state index in [1.54, 1.807) is 0 Å². The van der Waals surface area contributed by atoms with Crippen LogP contribution in [-0.4, -0.2) is 5.11 Å². The fourth-order valence-electron chi connectivity index (χ4n) is 3.42. The predicted octanol–water partition coefficient (Wildman–Crippen LogP) is 7.35. The summed E-state index contributed by atoms with van der Waals surface area (Å²) in [5, 5.41) is 11.0. The molecule has 1 nitrogen and oxygen atoms in total. The van der Waals surface area contributed by atoms with E-state index in [2.05, 4.69) is 78.9 Å². The molecule has 0 spiro atoms. The van der Waals surface area contributed by atoms with E-state index in [1.165, 1.54) is 27.5 Å². The summed E-state index contributed by atoms with van der Waals surface area (Å²) in [4.78, 5) is 0. The molecule has 0 amide bonds. The van der Waals surface area contributed by atoms with Crippen LogP contribution >= 0.6 is 18.6 Å². The van der Waals surface area contributed by atoms with Gasteiger partial charge >= 0.3 is 35.6 Å². The van der Waals surface area contributed by atoms with E-state index in [9.17, 15) is 0 Å². The van der Waals surface area contributed by atoms with E-state index in [0.717, 1.165) is 5.56 Å². The van der Waals surface area contributed by atoms with Crippen molar-refractivity contribution in [1.82, 2.24) is 0 Å². The molecule has 30 heavy (non-hydrogen) atoms. The van der Waals surface area contributed by atoms with Gasteiger partial charge in [0.2, 0.25) is 0 Å². The van der Waals surface area contributed by atoms with Crippen LogP contribution in [0.3, 0.4) is 0 Å². The molecule has 0 bridgehead atoms. The summed E-state index contributed by atoms with van der Waals surface area (Å²) in [6.07, 6.45) is 4.48. The summed E-state index contributed by atoms with van der Waals surface area (Å²) < 4.78 is 0. The van der Waals surface area contributed by atoms with E-state index in [0.29, 0.717) is 5.92 Å². The fraction of sp³-hybridized carbons (Fsp3) is 0.0769. The number of rotatable bonds is 2. The van der Waals surface area contributed by atoms with Gasteiger partial charge in [0.1, 0.15) is 0 Å². The first-order valence-corrected chi connectivity index (χ1v) is 13.9. The Balaban J connectivity index is 0.000000195. The molecular formula is C26H21Cl2OTi-. The monoisotopic (exact) mass is 467 g/mol. The molecule has 5 rings (SSSR count). The second-order valence-electron chi connectivity index (χ2n) is 6.68. The summed E-state index contributed by atoms with van der Waals surface area (Å²) in [5.41, 5.74) is 4.93. The Kier molecular flexibility index (Phi) is 9.20. The molecule has 1 unspecified atom stereocenters. The van der Waals surface area contributed by atoms with Crippen molar-refractivity contribution in [1.29, 1.82) is 0 Å². The fourth-order valence-corrected chi connectivity index (χ4v) is 3.42. The second kappa shape index (κ2) is 12.1. The average molecular weight is 468 g/mol. The van der Waals surface area contributed by atoms with E-state index < -0.39 is 17.0 Å². The van der Waals surface area contributed by atoms with Crippen molar-refractivity contribution < 1.29 is 22.1 Å². The van der Waals surface area contributed by atoms with Crippen LogP contribution in [0.2, 0.25) is 0 Å². The first kappa shape index (κ1) is 22.8. The van der Waals surface area contributed by atoms with Crippen LogP contribution in [-0.2, 0) is 23.6 Å². The molecular weight excluding hydrogens is 447 g/mol. The molecule has 1 atom stereocenters. The zero-order valence-electron chi connectivity index (χ0n) is 16.3. The van der Waals surface area contributed by atoms with Crippen LogP contribution < -0.4 is 0 Å². The van der Waals surface area contributed by atoms with E-state index >= 15 is 0 Å². The van der Waals surface area contributed by atoms with Gasteiger partial charge in [-0.15, -0.1) is 46.7 Å². The number of halogens is 2. The minimum atomic E-state index is -0.556. The summed E-state index contributed by atoms with van der Waals surface area (Å²) >= 11 is -0.556. The molecule has 0 saturated heterocycles. The van der Waals surface area contributed by atoms with E-state index in [4.69, 9.17) is 23.7 Å². The number of fused-ring (bicyclic) bond motifs is 2.